The largest absolute Gasteiger partial charge is 0.457 e. The zero-order chi connectivity index (χ0) is 23.3. The molecule has 0 N–H and O–H groups in total. The first-order valence-corrected chi connectivity index (χ1v) is 12.6. The monoisotopic (exact) mass is 547 g/mol. The Kier molecular flexibility index (Phi) is 6.90. The number of ether oxygens (including phenoxy) is 1. The van der Waals surface area contributed by atoms with Crippen LogP contribution in [-0.2, 0) is 6.54 Å². The molecule has 0 atom stereocenters. The normalized spacial score (nSPS) is 11.5. The van der Waals surface area contributed by atoms with Crippen LogP contribution in [0.25, 0.3) is 10.6 Å². The molecule has 4 aromatic carbocycles. The molecular weight excluding hydrogens is 530 g/mol. The van der Waals surface area contributed by atoms with Crippen LogP contribution >= 0.6 is 38.9 Å². The number of para-hydroxylation sites is 1. The zero-order valence-electron chi connectivity index (χ0n) is 17.9. The maximum atomic E-state index is 6.29. The average Bonchev–Trinajstić information content (AvgIpc) is 3.25. The highest BCUT2D eigenvalue weighted by Gasteiger charge is 2.10. The first kappa shape index (κ1) is 22.6. The lowest BCUT2D eigenvalue weighted by Gasteiger charge is -2.06. The number of nitrogens with zero attached hydrogens (tertiary/aromatic N) is 3. The van der Waals surface area contributed by atoms with Gasteiger partial charge in [-0.3, -0.25) is 0 Å². The van der Waals surface area contributed by atoms with Gasteiger partial charge in [0.1, 0.15) is 16.5 Å². The van der Waals surface area contributed by atoms with Crippen molar-refractivity contribution in [3.05, 3.63) is 123 Å². The van der Waals surface area contributed by atoms with E-state index in [2.05, 4.69) is 28.1 Å². The van der Waals surface area contributed by atoms with Crippen molar-refractivity contribution in [1.82, 2.24) is 9.78 Å². The summed E-state index contributed by atoms with van der Waals surface area (Å²) in [5.74, 6) is 1.55. The van der Waals surface area contributed by atoms with Gasteiger partial charge in [0.05, 0.1) is 17.3 Å². The molecule has 0 saturated heterocycles. The van der Waals surface area contributed by atoms with Crippen molar-refractivity contribution >= 4 is 44.6 Å². The fourth-order valence-corrected chi connectivity index (χ4v) is 4.69. The maximum Gasteiger partial charge on any atom is 0.208 e. The highest BCUT2D eigenvalue weighted by Crippen LogP contribution is 2.29. The van der Waals surface area contributed by atoms with Crippen LogP contribution in [-0.4, -0.2) is 9.78 Å². The summed E-state index contributed by atoms with van der Waals surface area (Å²) in [4.78, 5) is 5.64. The van der Waals surface area contributed by atoms with Gasteiger partial charge < -0.3 is 4.74 Å². The van der Waals surface area contributed by atoms with Crippen molar-refractivity contribution in [3.63, 3.8) is 0 Å². The molecule has 1 heterocycles. The Labute approximate surface area is 214 Å². The van der Waals surface area contributed by atoms with E-state index in [0.29, 0.717) is 11.6 Å². The molecule has 5 rings (SSSR count). The van der Waals surface area contributed by atoms with Gasteiger partial charge in [0.2, 0.25) is 4.80 Å². The topological polar surface area (TPSA) is 39.4 Å². The molecule has 5 aromatic rings. The van der Waals surface area contributed by atoms with Gasteiger partial charge in [-0.15, -0.1) is 0 Å². The summed E-state index contributed by atoms with van der Waals surface area (Å²) in [7, 11) is 0. The zero-order valence-corrected chi connectivity index (χ0v) is 21.1. The van der Waals surface area contributed by atoms with E-state index in [9.17, 15) is 0 Å². The van der Waals surface area contributed by atoms with Crippen molar-refractivity contribution in [2.24, 2.45) is 4.99 Å². The van der Waals surface area contributed by atoms with E-state index in [1.54, 1.807) is 0 Å². The van der Waals surface area contributed by atoms with E-state index in [1.807, 2.05) is 95.7 Å². The number of halogens is 2. The molecule has 0 aliphatic heterocycles. The molecule has 0 aliphatic carbocycles. The molecule has 0 spiro atoms. The summed E-state index contributed by atoms with van der Waals surface area (Å²) in [5, 5.41) is 6.38. The highest BCUT2D eigenvalue weighted by molar-refractivity contribution is 9.10. The molecule has 0 aliphatic rings. The molecule has 34 heavy (non-hydrogen) atoms. The van der Waals surface area contributed by atoms with E-state index in [1.165, 1.54) is 11.3 Å². The second kappa shape index (κ2) is 10.4. The van der Waals surface area contributed by atoms with E-state index < -0.39 is 0 Å². The SMILES string of the molecule is Clc1cc(N=c2sc(-c3cccc(Oc4ccccc4)c3)nn2Cc2ccccc2)ccc1Br. The smallest absolute Gasteiger partial charge is 0.208 e. The van der Waals surface area contributed by atoms with E-state index in [4.69, 9.17) is 26.4 Å². The molecule has 4 nitrogen and oxygen atoms in total. The fourth-order valence-electron chi connectivity index (χ4n) is 3.35. The third-order valence-corrected chi connectivity index (χ3v) is 7.21. The maximum absolute atomic E-state index is 6.29. The number of benzene rings is 4. The van der Waals surface area contributed by atoms with Gasteiger partial charge in [-0.2, -0.15) is 5.10 Å². The standard InChI is InChI=1S/C27H19BrClN3OS/c28-24-15-14-21(17-25(24)29)30-27-32(18-19-8-3-1-4-9-19)31-26(34-27)20-10-7-13-23(16-20)33-22-11-5-2-6-12-22/h1-17H,18H2. The van der Waals surface area contributed by atoms with Gasteiger partial charge in [0.25, 0.3) is 0 Å². The third-order valence-electron chi connectivity index (χ3n) is 4.98. The minimum absolute atomic E-state index is 0.612. The summed E-state index contributed by atoms with van der Waals surface area (Å²) in [6, 6.07) is 33.6. The van der Waals surface area contributed by atoms with Gasteiger partial charge >= 0.3 is 0 Å². The molecule has 0 fully saturated rings. The molecule has 0 radical (unpaired) electrons. The number of aromatic nitrogens is 2. The van der Waals surface area contributed by atoms with Gasteiger partial charge in [-0.1, -0.05) is 83.6 Å². The van der Waals surface area contributed by atoms with E-state index in [0.717, 1.165) is 42.6 Å². The lowest BCUT2D eigenvalue weighted by molar-refractivity contribution is 0.483. The van der Waals surface area contributed by atoms with Crippen molar-refractivity contribution in [2.45, 2.75) is 6.54 Å². The molecule has 0 amide bonds. The number of hydrogen-bond donors (Lipinski definition) is 0. The van der Waals surface area contributed by atoms with Crippen molar-refractivity contribution < 1.29 is 4.74 Å². The van der Waals surface area contributed by atoms with Gasteiger partial charge in [0, 0.05) is 10.0 Å². The van der Waals surface area contributed by atoms with Crippen molar-refractivity contribution in [3.8, 4) is 22.1 Å². The second-order valence-corrected chi connectivity index (χ2v) is 9.70. The Balaban J connectivity index is 1.54. The van der Waals surface area contributed by atoms with Crippen LogP contribution in [0.15, 0.2) is 113 Å². The third kappa shape index (κ3) is 5.47. The van der Waals surface area contributed by atoms with E-state index in [-0.39, 0.29) is 0 Å². The van der Waals surface area contributed by atoms with Crippen molar-refractivity contribution in [1.29, 1.82) is 0 Å². The Morgan fingerprint density at radius 1 is 0.853 bits per heavy atom. The predicted octanol–water partition coefficient (Wildman–Crippen LogP) is 8.10. The molecule has 1 aromatic heterocycles. The van der Waals surface area contributed by atoms with Crippen LogP contribution in [0.2, 0.25) is 5.02 Å². The summed E-state index contributed by atoms with van der Waals surface area (Å²) >= 11 is 11.3. The van der Waals surface area contributed by atoms with Crippen LogP contribution in [0.5, 0.6) is 11.5 Å². The minimum atomic E-state index is 0.612. The van der Waals surface area contributed by atoms with Crippen LogP contribution in [0.1, 0.15) is 5.56 Å². The molecule has 0 bridgehead atoms. The first-order valence-electron chi connectivity index (χ1n) is 10.6. The van der Waals surface area contributed by atoms with Crippen LogP contribution < -0.4 is 9.54 Å². The molecular formula is C27H19BrClN3OS. The van der Waals surface area contributed by atoms with E-state index >= 15 is 0 Å². The quantitative estimate of drug-likeness (QED) is 0.215. The predicted molar refractivity (Wildman–Crippen MR) is 142 cm³/mol. The highest BCUT2D eigenvalue weighted by atomic mass is 79.9. The lowest BCUT2D eigenvalue weighted by atomic mass is 10.2. The van der Waals surface area contributed by atoms with Crippen LogP contribution in [0.4, 0.5) is 5.69 Å². The van der Waals surface area contributed by atoms with Gasteiger partial charge in [0.15, 0.2) is 0 Å². The summed E-state index contributed by atoms with van der Waals surface area (Å²) < 4.78 is 8.79. The van der Waals surface area contributed by atoms with Gasteiger partial charge in [-0.25, -0.2) is 9.67 Å². The Bertz CT molecular complexity index is 1480. The Hall–Kier alpha value is -3.19. The Morgan fingerprint density at radius 2 is 1.59 bits per heavy atom. The van der Waals surface area contributed by atoms with Crippen LogP contribution in [0.3, 0.4) is 0 Å². The number of rotatable bonds is 6. The minimum Gasteiger partial charge on any atom is -0.457 e. The van der Waals surface area contributed by atoms with Crippen molar-refractivity contribution in [2.75, 3.05) is 0 Å². The number of hydrogen-bond acceptors (Lipinski definition) is 4. The molecule has 0 saturated carbocycles. The summed E-state index contributed by atoms with van der Waals surface area (Å²) in [5.41, 5.74) is 2.89. The molecule has 7 heteroatoms. The second-order valence-electron chi connectivity index (χ2n) is 7.49. The summed E-state index contributed by atoms with van der Waals surface area (Å²) in [6.07, 6.45) is 0. The average molecular weight is 549 g/mol. The molecule has 0 unspecified atom stereocenters. The first-order chi connectivity index (χ1) is 16.6. The fraction of sp³-hybridized carbons (Fsp3) is 0.0370. The summed E-state index contributed by atoms with van der Waals surface area (Å²) in [6.45, 7) is 0.612. The molecule has 168 valence electrons. The van der Waals surface area contributed by atoms with Gasteiger partial charge in [-0.05, 0) is 64.0 Å². The van der Waals surface area contributed by atoms with Crippen LogP contribution in [0, 0.1) is 0 Å². The lowest BCUT2D eigenvalue weighted by Crippen LogP contribution is -2.17. The Morgan fingerprint density at radius 3 is 2.35 bits per heavy atom.